The molecule has 0 heterocycles. The van der Waals surface area contributed by atoms with Gasteiger partial charge in [-0.3, -0.25) is 0 Å². The summed E-state index contributed by atoms with van der Waals surface area (Å²) in [5.74, 6) is 0. The predicted octanol–water partition coefficient (Wildman–Crippen LogP) is 3.81. The van der Waals surface area contributed by atoms with E-state index in [0.29, 0.717) is 12.1 Å². The molecule has 18 heavy (non-hydrogen) atoms. The quantitative estimate of drug-likeness (QED) is 0.746. The van der Waals surface area contributed by atoms with Crippen molar-refractivity contribution in [3.8, 4) is 0 Å². The minimum Gasteiger partial charge on any atom is -0.351 e. The van der Waals surface area contributed by atoms with Gasteiger partial charge in [-0.1, -0.05) is 51.4 Å². The van der Waals surface area contributed by atoms with Crippen molar-refractivity contribution in [1.82, 2.24) is 4.90 Å². The molecule has 2 saturated carbocycles. The third-order valence-corrected chi connectivity index (χ3v) is 4.69. The number of hydrogen-bond acceptors (Lipinski definition) is 1. The van der Waals surface area contributed by atoms with E-state index in [1.165, 1.54) is 77.0 Å². The minimum atomic E-state index is -0.172. The van der Waals surface area contributed by atoms with Gasteiger partial charge in [0.2, 0.25) is 0 Å². The van der Waals surface area contributed by atoms with Gasteiger partial charge in [-0.15, -0.1) is 0 Å². The summed E-state index contributed by atoms with van der Waals surface area (Å²) in [6, 6.07) is 0.676. The summed E-state index contributed by atoms with van der Waals surface area (Å²) in [4.78, 5) is 13.9. The molecule has 2 rings (SSSR count). The fourth-order valence-corrected chi connectivity index (χ4v) is 3.73. The first-order valence-electron chi connectivity index (χ1n) is 7.87. The van der Waals surface area contributed by atoms with Crippen LogP contribution in [0.25, 0.3) is 0 Å². The SMILES string of the molecule is NC(=O)N(C1CCCCCC1)C1CCCCCC1. The molecule has 3 nitrogen and oxygen atoms in total. The predicted molar refractivity (Wildman–Crippen MR) is 74.4 cm³/mol. The Balaban J connectivity index is 2.02. The highest BCUT2D eigenvalue weighted by atomic mass is 16.2. The van der Waals surface area contributed by atoms with E-state index in [-0.39, 0.29) is 6.03 Å². The highest BCUT2D eigenvalue weighted by Gasteiger charge is 2.29. The molecule has 0 aromatic rings. The van der Waals surface area contributed by atoms with Gasteiger partial charge < -0.3 is 10.6 Å². The summed E-state index contributed by atoms with van der Waals surface area (Å²) >= 11 is 0. The summed E-state index contributed by atoms with van der Waals surface area (Å²) in [7, 11) is 0. The second kappa shape index (κ2) is 7.01. The van der Waals surface area contributed by atoms with Crippen molar-refractivity contribution >= 4 is 6.03 Å². The molecule has 104 valence electrons. The average Bonchev–Trinajstić information content (AvgIpc) is 2.74. The molecule has 3 heteroatoms. The maximum atomic E-state index is 11.9. The molecule has 0 aliphatic heterocycles. The lowest BCUT2D eigenvalue weighted by Gasteiger charge is -2.36. The molecule has 0 radical (unpaired) electrons. The van der Waals surface area contributed by atoms with Gasteiger partial charge >= 0.3 is 6.03 Å². The van der Waals surface area contributed by atoms with Crippen LogP contribution in [0.4, 0.5) is 4.79 Å². The summed E-state index contributed by atoms with van der Waals surface area (Å²) in [5, 5.41) is 0. The van der Waals surface area contributed by atoms with Crippen LogP contribution in [0.3, 0.4) is 0 Å². The van der Waals surface area contributed by atoms with Gasteiger partial charge in [-0.25, -0.2) is 4.79 Å². The van der Waals surface area contributed by atoms with Gasteiger partial charge in [0.1, 0.15) is 0 Å². The number of rotatable bonds is 2. The molecule has 0 aromatic carbocycles. The zero-order chi connectivity index (χ0) is 12.8. The Morgan fingerprint density at radius 2 is 1.06 bits per heavy atom. The largest absolute Gasteiger partial charge is 0.351 e. The van der Waals surface area contributed by atoms with Gasteiger partial charge in [0.25, 0.3) is 0 Å². The number of hydrogen-bond donors (Lipinski definition) is 1. The Labute approximate surface area is 111 Å². The number of primary amides is 1. The van der Waals surface area contributed by atoms with Crippen molar-refractivity contribution in [2.24, 2.45) is 5.73 Å². The lowest BCUT2D eigenvalue weighted by Crippen LogP contribution is -2.49. The maximum absolute atomic E-state index is 11.9. The summed E-state index contributed by atoms with van der Waals surface area (Å²) in [6.07, 6.45) is 15.0. The summed E-state index contributed by atoms with van der Waals surface area (Å²) in [6.45, 7) is 0. The normalized spacial score (nSPS) is 24.2. The maximum Gasteiger partial charge on any atom is 0.315 e. The third-order valence-electron chi connectivity index (χ3n) is 4.69. The van der Waals surface area contributed by atoms with Crippen molar-refractivity contribution in [3.05, 3.63) is 0 Å². The van der Waals surface area contributed by atoms with Gasteiger partial charge in [0, 0.05) is 12.1 Å². The first kappa shape index (κ1) is 13.7. The van der Waals surface area contributed by atoms with E-state index in [1.54, 1.807) is 0 Å². The number of nitrogens with zero attached hydrogens (tertiary/aromatic N) is 1. The number of carbonyl (C=O) groups is 1. The van der Waals surface area contributed by atoms with Crippen LogP contribution in [-0.4, -0.2) is 23.0 Å². The van der Waals surface area contributed by atoms with Crippen molar-refractivity contribution in [3.63, 3.8) is 0 Å². The van der Waals surface area contributed by atoms with Crippen LogP contribution in [-0.2, 0) is 0 Å². The van der Waals surface area contributed by atoms with E-state index in [2.05, 4.69) is 4.90 Å². The van der Waals surface area contributed by atoms with E-state index in [1.807, 2.05) is 0 Å². The molecule has 0 bridgehead atoms. The van der Waals surface area contributed by atoms with Crippen LogP contribution in [0.2, 0.25) is 0 Å². The van der Waals surface area contributed by atoms with Crippen LogP contribution in [0.15, 0.2) is 0 Å². The van der Waals surface area contributed by atoms with E-state index in [4.69, 9.17) is 5.73 Å². The van der Waals surface area contributed by atoms with E-state index in [0.717, 1.165) is 0 Å². The van der Waals surface area contributed by atoms with Crippen LogP contribution >= 0.6 is 0 Å². The Bertz CT molecular complexity index is 231. The second-order valence-corrected chi connectivity index (χ2v) is 6.04. The first-order chi connectivity index (χ1) is 8.79. The van der Waals surface area contributed by atoms with E-state index >= 15 is 0 Å². The highest BCUT2D eigenvalue weighted by molar-refractivity contribution is 5.72. The highest BCUT2D eigenvalue weighted by Crippen LogP contribution is 2.28. The van der Waals surface area contributed by atoms with E-state index < -0.39 is 0 Å². The number of amides is 2. The summed E-state index contributed by atoms with van der Waals surface area (Å²) < 4.78 is 0. The molecule has 2 aliphatic carbocycles. The number of urea groups is 1. The Morgan fingerprint density at radius 3 is 1.33 bits per heavy atom. The smallest absolute Gasteiger partial charge is 0.315 e. The van der Waals surface area contributed by atoms with Crippen molar-refractivity contribution < 1.29 is 4.79 Å². The third kappa shape index (κ3) is 3.63. The molecule has 0 saturated heterocycles. The van der Waals surface area contributed by atoms with Crippen LogP contribution in [0, 0.1) is 0 Å². The van der Waals surface area contributed by atoms with Crippen molar-refractivity contribution in [2.75, 3.05) is 0 Å². The average molecular weight is 252 g/mol. The Morgan fingerprint density at radius 1 is 0.722 bits per heavy atom. The molecule has 2 fully saturated rings. The second-order valence-electron chi connectivity index (χ2n) is 6.04. The zero-order valence-corrected chi connectivity index (χ0v) is 11.6. The molecule has 0 spiro atoms. The molecular formula is C15H28N2O. The molecule has 0 aromatic heterocycles. The van der Waals surface area contributed by atoms with Gasteiger partial charge in [-0.05, 0) is 25.7 Å². The van der Waals surface area contributed by atoms with Gasteiger partial charge in [0.15, 0.2) is 0 Å². The number of nitrogens with two attached hydrogens (primary N) is 1. The van der Waals surface area contributed by atoms with Crippen LogP contribution in [0.1, 0.15) is 77.0 Å². The summed E-state index contributed by atoms with van der Waals surface area (Å²) in [5.41, 5.74) is 5.69. The lowest BCUT2D eigenvalue weighted by molar-refractivity contribution is 0.134. The monoisotopic (exact) mass is 252 g/mol. The van der Waals surface area contributed by atoms with Gasteiger partial charge in [0.05, 0.1) is 0 Å². The Hall–Kier alpha value is -0.730. The molecular weight excluding hydrogens is 224 g/mol. The van der Waals surface area contributed by atoms with E-state index in [9.17, 15) is 4.79 Å². The van der Waals surface area contributed by atoms with Crippen molar-refractivity contribution in [1.29, 1.82) is 0 Å². The zero-order valence-electron chi connectivity index (χ0n) is 11.6. The van der Waals surface area contributed by atoms with Crippen LogP contribution in [0.5, 0.6) is 0 Å². The van der Waals surface area contributed by atoms with Crippen LogP contribution < -0.4 is 5.73 Å². The number of carbonyl (C=O) groups excluding carboxylic acids is 1. The molecule has 2 amide bonds. The topological polar surface area (TPSA) is 46.3 Å². The molecule has 0 atom stereocenters. The first-order valence-corrected chi connectivity index (χ1v) is 7.87. The molecule has 0 unspecified atom stereocenters. The fourth-order valence-electron chi connectivity index (χ4n) is 3.73. The molecule has 2 N–H and O–H groups in total. The molecule has 2 aliphatic rings. The lowest BCUT2D eigenvalue weighted by atomic mass is 10.0. The van der Waals surface area contributed by atoms with Crippen molar-refractivity contribution in [2.45, 2.75) is 89.1 Å². The van der Waals surface area contributed by atoms with Gasteiger partial charge in [-0.2, -0.15) is 0 Å². The standard InChI is InChI=1S/C15H28N2O/c16-15(18)17(13-9-5-1-2-6-10-13)14-11-7-3-4-8-12-14/h13-14H,1-12H2,(H2,16,18). The minimum absolute atomic E-state index is 0.172. The fraction of sp³-hybridized carbons (Fsp3) is 0.933. The Kier molecular flexibility index (Phi) is 5.33.